The molecule has 9 rings (SSSR count). The number of carbonyl (C=O) groups excluding carboxylic acids is 4. The summed E-state index contributed by atoms with van der Waals surface area (Å²) in [4.78, 5) is 66.1. The van der Waals surface area contributed by atoms with E-state index in [0.29, 0.717) is 99.5 Å². The molecule has 3 aromatic rings. The molecule has 6 aliphatic rings. The number of aromatic nitrogens is 1. The van der Waals surface area contributed by atoms with E-state index in [1.165, 1.54) is 33.2 Å². The maximum Gasteiger partial charge on any atom is 0.394 e. The molecule has 2 bridgehead atoms. The Hall–Kier alpha value is -4.89. The molecule has 2 aromatic carbocycles. The van der Waals surface area contributed by atoms with E-state index >= 15 is 4.79 Å². The third kappa shape index (κ3) is 6.90. The number of hydrogen-bond acceptors (Lipinski definition) is 14. The maximum absolute atomic E-state index is 15.3. The lowest BCUT2D eigenvalue weighted by Gasteiger charge is -2.63. The van der Waals surface area contributed by atoms with E-state index in [9.17, 15) is 24.6 Å². The number of esters is 3. The molecule has 3 fully saturated rings. The van der Waals surface area contributed by atoms with Crippen LogP contribution in [0.3, 0.4) is 0 Å². The molecule has 1 aromatic heterocycles. The van der Waals surface area contributed by atoms with Gasteiger partial charge in [0.1, 0.15) is 11.2 Å². The van der Waals surface area contributed by atoms with Gasteiger partial charge >= 0.3 is 28.3 Å². The quantitative estimate of drug-likeness (QED) is 0.0717. The highest BCUT2D eigenvalue weighted by atomic mass is 32.3. The monoisotopic (exact) mass is 922 g/mol. The van der Waals surface area contributed by atoms with E-state index in [4.69, 9.17) is 36.5 Å². The SMILES string of the molecule is CC[C@]1(O)C[C@H]2CN(CCc3c([nH]c4ccccc34)[C@@](C(=O)OC)(c3cc4c(cc3OC)N(C=O)[C@H]3[C@@](O)(C(=O)OC)[C@H](OC(C)=O)[C@]5(CC)C=CCN6CC[C@@]43[C@H]65)C2)C1.O=S(=O)(O)O. The molecule has 352 valence electrons. The van der Waals surface area contributed by atoms with Crippen molar-refractivity contribution in [3.63, 3.8) is 0 Å². The van der Waals surface area contributed by atoms with Crippen molar-refractivity contribution in [2.75, 3.05) is 59.0 Å². The molecule has 18 nitrogen and oxygen atoms in total. The number of aromatic amines is 1. The van der Waals surface area contributed by atoms with E-state index in [2.05, 4.69) is 20.9 Å². The van der Waals surface area contributed by atoms with Gasteiger partial charge in [-0.1, -0.05) is 44.2 Å². The van der Waals surface area contributed by atoms with Gasteiger partial charge in [0.25, 0.3) is 0 Å². The second kappa shape index (κ2) is 16.5. The van der Waals surface area contributed by atoms with Gasteiger partial charge in [-0.2, -0.15) is 8.42 Å². The van der Waals surface area contributed by atoms with Crippen molar-refractivity contribution in [2.45, 2.75) is 99.5 Å². The van der Waals surface area contributed by atoms with Crippen LogP contribution in [-0.4, -0.2) is 150 Å². The molecule has 5 N–H and O–H groups in total. The van der Waals surface area contributed by atoms with Crippen molar-refractivity contribution in [1.82, 2.24) is 14.8 Å². The molecule has 1 aliphatic carbocycles. The van der Waals surface area contributed by atoms with Gasteiger partial charge in [0.15, 0.2) is 6.10 Å². The van der Waals surface area contributed by atoms with Gasteiger partial charge < -0.3 is 39.0 Å². The molecule has 1 unspecified atom stereocenters. The molecular weight excluding hydrogens is 865 g/mol. The van der Waals surface area contributed by atoms with Gasteiger partial charge in [-0.3, -0.25) is 33.3 Å². The number of anilines is 1. The number of H-pyrrole nitrogens is 1. The van der Waals surface area contributed by atoms with E-state index in [1.54, 1.807) is 6.07 Å². The lowest BCUT2D eigenvalue weighted by molar-refractivity contribution is -0.228. The molecule has 2 saturated heterocycles. The number of fused-ring (bicyclic) bond motifs is 6. The van der Waals surface area contributed by atoms with Crippen LogP contribution in [0.15, 0.2) is 48.6 Å². The minimum atomic E-state index is -4.67. The standard InChI is InChI=1S/C46H56N4O10.H2O4S/c1-7-42(55)22-28-23-45(40(53)58-5,36-30(14-18-48(24-28)25-42)29-12-9-10-13-33(29)47-36)32-20-31-34(21-35(32)57-4)50(26-51)38-44(31)16-19-49-17-11-15-43(8-2,37(44)49)39(60-27(3)52)46(38,56)41(54)59-6;1-5(2,3)4/h9-13,15,20-21,26,28,37-39,47,55-56H,7-8,14,16-19,22-25H2,1-6H3;(H2,1,2,3,4)/t28-,37-,38-,39-,42+,43-,44+,45+,46+;/m1./s1. The number of nitrogens with zero attached hydrogens (tertiary/aromatic N) is 3. The second-order valence-electron chi connectivity index (χ2n) is 18.6. The first-order chi connectivity index (χ1) is 30.8. The number of piperidine rings is 1. The van der Waals surface area contributed by atoms with Crippen LogP contribution in [0.25, 0.3) is 10.9 Å². The highest BCUT2D eigenvalue weighted by Gasteiger charge is 2.81. The normalized spacial score (nSPS) is 34.6. The number of para-hydroxylation sites is 1. The summed E-state index contributed by atoms with van der Waals surface area (Å²) in [5, 5.41) is 26.3. The summed E-state index contributed by atoms with van der Waals surface area (Å²) >= 11 is 0. The minimum Gasteiger partial charge on any atom is -0.496 e. The Morgan fingerprint density at radius 1 is 0.954 bits per heavy atom. The summed E-state index contributed by atoms with van der Waals surface area (Å²) in [5.74, 6) is -2.06. The number of amides is 1. The van der Waals surface area contributed by atoms with Gasteiger partial charge in [-0.25, -0.2) is 4.79 Å². The zero-order valence-electron chi connectivity index (χ0n) is 37.4. The molecular formula is C46H58N4O14S. The number of nitrogens with one attached hydrogen (secondary N) is 1. The lowest BCUT2D eigenvalue weighted by Crippen LogP contribution is -2.81. The predicted molar refractivity (Wildman–Crippen MR) is 235 cm³/mol. The molecule has 10 atom stereocenters. The number of ether oxygens (including phenoxy) is 4. The number of hydrogen-bond donors (Lipinski definition) is 5. The van der Waals surface area contributed by atoms with Crippen LogP contribution >= 0.6 is 0 Å². The van der Waals surface area contributed by atoms with E-state index in [1.807, 2.05) is 50.3 Å². The zero-order valence-corrected chi connectivity index (χ0v) is 38.2. The summed E-state index contributed by atoms with van der Waals surface area (Å²) in [6, 6.07) is 9.97. The Labute approximate surface area is 377 Å². The highest BCUT2D eigenvalue weighted by molar-refractivity contribution is 7.79. The third-order valence-corrected chi connectivity index (χ3v) is 15.5. The van der Waals surface area contributed by atoms with Crippen LogP contribution in [0.2, 0.25) is 0 Å². The van der Waals surface area contributed by atoms with Gasteiger partial charge in [0.05, 0.1) is 38.7 Å². The van der Waals surface area contributed by atoms with E-state index < -0.39 is 73.9 Å². The smallest absolute Gasteiger partial charge is 0.394 e. The van der Waals surface area contributed by atoms with Crippen LogP contribution < -0.4 is 9.64 Å². The van der Waals surface area contributed by atoms with Crippen molar-refractivity contribution >= 4 is 51.3 Å². The Morgan fingerprint density at radius 2 is 1.66 bits per heavy atom. The Bertz CT molecular complexity index is 2560. The fourth-order valence-corrected chi connectivity index (χ4v) is 13.4. The van der Waals surface area contributed by atoms with Crippen LogP contribution in [0, 0.1) is 11.3 Å². The molecule has 6 heterocycles. The van der Waals surface area contributed by atoms with Crippen LogP contribution in [-0.2, 0) is 61.0 Å². The average Bonchev–Trinajstić information content (AvgIpc) is 3.95. The Kier molecular flexibility index (Phi) is 11.8. The van der Waals surface area contributed by atoms with Crippen LogP contribution in [0.1, 0.15) is 75.3 Å². The fourth-order valence-electron chi connectivity index (χ4n) is 13.4. The number of benzene rings is 2. The maximum atomic E-state index is 15.3. The summed E-state index contributed by atoms with van der Waals surface area (Å²) in [6.07, 6.45) is 5.83. The molecule has 1 saturated carbocycles. The first-order valence-corrected chi connectivity index (χ1v) is 23.4. The van der Waals surface area contributed by atoms with Gasteiger partial charge in [-0.05, 0) is 74.2 Å². The van der Waals surface area contributed by atoms with Crippen molar-refractivity contribution in [3.05, 3.63) is 70.9 Å². The van der Waals surface area contributed by atoms with E-state index in [-0.39, 0.29) is 12.3 Å². The van der Waals surface area contributed by atoms with Crippen molar-refractivity contribution in [3.8, 4) is 5.75 Å². The number of rotatable bonds is 8. The summed E-state index contributed by atoms with van der Waals surface area (Å²) < 4.78 is 55.3. The van der Waals surface area contributed by atoms with Gasteiger partial charge in [0.2, 0.25) is 12.0 Å². The largest absolute Gasteiger partial charge is 0.496 e. The molecule has 1 spiro atoms. The summed E-state index contributed by atoms with van der Waals surface area (Å²) in [6.45, 7) is 8.16. The molecule has 19 heteroatoms. The minimum absolute atomic E-state index is 0.155. The summed E-state index contributed by atoms with van der Waals surface area (Å²) in [5.41, 5.74) is -3.15. The Balaban J connectivity index is 0.00000109. The average molecular weight is 923 g/mol. The zero-order chi connectivity index (χ0) is 47.1. The van der Waals surface area contributed by atoms with Crippen molar-refractivity contribution in [1.29, 1.82) is 0 Å². The van der Waals surface area contributed by atoms with Gasteiger partial charge in [0, 0.05) is 78.2 Å². The fraction of sp³-hybridized carbons (Fsp3) is 0.565. The van der Waals surface area contributed by atoms with Crippen molar-refractivity contribution in [2.24, 2.45) is 11.3 Å². The number of carbonyl (C=O) groups is 4. The summed E-state index contributed by atoms with van der Waals surface area (Å²) in [7, 11) is -0.577. The first kappa shape index (κ1) is 46.6. The molecule has 65 heavy (non-hydrogen) atoms. The number of methoxy groups -OCH3 is 3. The number of aliphatic hydroxyl groups is 2. The highest BCUT2D eigenvalue weighted by Crippen LogP contribution is 2.68. The Morgan fingerprint density at radius 3 is 2.29 bits per heavy atom. The van der Waals surface area contributed by atoms with Crippen LogP contribution in [0.5, 0.6) is 5.75 Å². The second-order valence-corrected chi connectivity index (χ2v) is 19.4. The topological polar surface area (TPSA) is 246 Å². The lowest BCUT2D eigenvalue weighted by atomic mass is 9.47. The van der Waals surface area contributed by atoms with Crippen molar-refractivity contribution < 1.29 is 65.9 Å². The molecule has 5 aliphatic heterocycles. The third-order valence-electron chi connectivity index (χ3n) is 15.5. The molecule has 0 radical (unpaired) electrons. The predicted octanol–water partition coefficient (Wildman–Crippen LogP) is 2.86. The van der Waals surface area contributed by atoms with E-state index in [0.717, 1.165) is 16.5 Å². The van der Waals surface area contributed by atoms with Crippen LogP contribution in [0.4, 0.5) is 5.69 Å². The van der Waals surface area contributed by atoms with Gasteiger partial charge in [-0.15, -0.1) is 0 Å². The molecule has 1 amide bonds. The first-order valence-electron chi connectivity index (χ1n) is 22.0.